The molecule has 0 atom stereocenters. The third kappa shape index (κ3) is 8.76. The van der Waals surface area contributed by atoms with E-state index in [0.29, 0.717) is 18.7 Å². The molecule has 3 N–H and O–H groups in total. The molecule has 1 amide bonds. The van der Waals surface area contributed by atoms with Crippen molar-refractivity contribution in [2.24, 2.45) is 4.99 Å². The van der Waals surface area contributed by atoms with Gasteiger partial charge >= 0.3 is 0 Å². The van der Waals surface area contributed by atoms with E-state index in [0.717, 1.165) is 51.8 Å². The Morgan fingerprint density at radius 2 is 1.59 bits per heavy atom. The van der Waals surface area contributed by atoms with Crippen molar-refractivity contribution < 1.29 is 9.53 Å². The fourth-order valence-corrected chi connectivity index (χ4v) is 3.47. The van der Waals surface area contributed by atoms with E-state index < -0.39 is 0 Å². The van der Waals surface area contributed by atoms with Gasteiger partial charge in [-0.2, -0.15) is 0 Å². The molecule has 2 aromatic carbocycles. The first-order valence-corrected chi connectivity index (χ1v) is 10.9. The molecule has 1 heterocycles. The second-order valence-corrected chi connectivity index (χ2v) is 7.49. The minimum absolute atomic E-state index is 0. The first-order valence-electron chi connectivity index (χ1n) is 10.9. The lowest BCUT2D eigenvalue weighted by atomic mass is 10.1. The Balaban J connectivity index is 0.00000363. The van der Waals surface area contributed by atoms with Crippen LogP contribution in [0.15, 0.2) is 59.6 Å². The van der Waals surface area contributed by atoms with Crippen LogP contribution in [0.25, 0.3) is 0 Å². The number of nitrogens with zero attached hydrogens (tertiary/aromatic N) is 2. The third-order valence-electron chi connectivity index (χ3n) is 5.25. The number of nitrogens with one attached hydrogen (secondary N) is 3. The smallest absolute Gasteiger partial charge is 0.251 e. The fraction of sp³-hybridized carbons (Fsp3) is 0.417. The predicted octanol–water partition coefficient (Wildman–Crippen LogP) is 2.62. The number of aliphatic imine (C=N–C) groups is 1. The minimum Gasteiger partial charge on any atom is -0.379 e. The summed E-state index contributed by atoms with van der Waals surface area (Å²) >= 11 is 0. The van der Waals surface area contributed by atoms with Crippen molar-refractivity contribution in [3.8, 4) is 0 Å². The Hall–Kier alpha value is -2.17. The van der Waals surface area contributed by atoms with E-state index in [4.69, 9.17) is 4.74 Å². The lowest BCUT2D eigenvalue weighted by Crippen LogP contribution is -2.39. The number of guanidine groups is 1. The van der Waals surface area contributed by atoms with Gasteiger partial charge in [-0.3, -0.25) is 14.7 Å². The van der Waals surface area contributed by atoms with Gasteiger partial charge in [-0.05, 0) is 29.7 Å². The SMILES string of the molecule is CN=C(NCCCNC(=O)c1ccccc1)NCc1ccccc1CN1CCOCC1.I. The van der Waals surface area contributed by atoms with Gasteiger partial charge in [0.2, 0.25) is 0 Å². The van der Waals surface area contributed by atoms with Gasteiger partial charge < -0.3 is 20.7 Å². The fourth-order valence-electron chi connectivity index (χ4n) is 3.47. The number of halogens is 1. The highest BCUT2D eigenvalue weighted by Gasteiger charge is 2.12. The van der Waals surface area contributed by atoms with E-state index in [1.54, 1.807) is 7.05 Å². The zero-order valence-electron chi connectivity index (χ0n) is 18.7. The Morgan fingerprint density at radius 1 is 0.938 bits per heavy atom. The number of ether oxygens (including phenoxy) is 1. The molecule has 7 nitrogen and oxygen atoms in total. The molecule has 0 saturated carbocycles. The van der Waals surface area contributed by atoms with E-state index in [1.807, 2.05) is 30.3 Å². The number of rotatable bonds is 9. The third-order valence-corrected chi connectivity index (χ3v) is 5.25. The number of benzene rings is 2. The Labute approximate surface area is 208 Å². The molecule has 2 aromatic rings. The molecule has 0 aliphatic carbocycles. The number of hydrogen-bond acceptors (Lipinski definition) is 4. The summed E-state index contributed by atoms with van der Waals surface area (Å²) < 4.78 is 5.45. The van der Waals surface area contributed by atoms with Crippen molar-refractivity contribution >= 4 is 35.8 Å². The van der Waals surface area contributed by atoms with E-state index in [9.17, 15) is 4.79 Å². The molecule has 0 unspecified atom stereocenters. The second-order valence-electron chi connectivity index (χ2n) is 7.49. The van der Waals surface area contributed by atoms with Crippen molar-refractivity contribution in [1.82, 2.24) is 20.9 Å². The second kappa shape index (κ2) is 14.8. The molecule has 8 heteroatoms. The van der Waals surface area contributed by atoms with Crippen LogP contribution >= 0.6 is 24.0 Å². The number of carbonyl (C=O) groups excluding carboxylic acids is 1. The zero-order chi connectivity index (χ0) is 21.7. The molecule has 0 spiro atoms. The van der Waals surface area contributed by atoms with Crippen LogP contribution in [0.3, 0.4) is 0 Å². The summed E-state index contributed by atoms with van der Waals surface area (Å²) in [4.78, 5) is 18.8. The van der Waals surface area contributed by atoms with Crippen LogP contribution in [0, 0.1) is 0 Å². The summed E-state index contributed by atoms with van der Waals surface area (Å²) in [5.41, 5.74) is 3.28. The summed E-state index contributed by atoms with van der Waals surface area (Å²) in [7, 11) is 1.77. The van der Waals surface area contributed by atoms with Crippen molar-refractivity contribution in [3.63, 3.8) is 0 Å². The normalized spacial score (nSPS) is 14.3. The van der Waals surface area contributed by atoms with Gasteiger partial charge in [0.05, 0.1) is 13.2 Å². The Bertz CT molecular complexity index is 841. The van der Waals surface area contributed by atoms with E-state index in [1.165, 1.54) is 11.1 Å². The average Bonchev–Trinajstić information content (AvgIpc) is 2.83. The quantitative estimate of drug-likeness (QED) is 0.193. The molecular formula is C24H34IN5O2. The molecule has 1 aliphatic rings. The van der Waals surface area contributed by atoms with Gasteiger partial charge in [0.15, 0.2) is 5.96 Å². The lowest BCUT2D eigenvalue weighted by molar-refractivity contribution is 0.0341. The van der Waals surface area contributed by atoms with Crippen LogP contribution in [0.1, 0.15) is 27.9 Å². The van der Waals surface area contributed by atoms with Gasteiger partial charge in [0.1, 0.15) is 0 Å². The molecule has 1 aliphatic heterocycles. The maximum Gasteiger partial charge on any atom is 0.251 e. The molecule has 32 heavy (non-hydrogen) atoms. The highest BCUT2D eigenvalue weighted by molar-refractivity contribution is 14.0. The number of carbonyl (C=O) groups is 1. The van der Waals surface area contributed by atoms with Gasteiger partial charge in [0, 0.05) is 51.9 Å². The monoisotopic (exact) mass is 551 g/mol. The summed E-state index contributed by atoms with van der Waals surface area (Å²) in [6, 6.07) is 17.8. The van der Waals surface area contributed by atoms with Crippen LogP contribution in [-0.2, 0) is 17.8 Å². The van der Waals surface area contributed by atoms with Crippen LogP contribution in [0.2, 0.25) is 0 Å². The highest BCUT2D eigenvalue weighted by Crippen LogP contribution is 2.13. The molecule has 0 aromatic heterocycles. The maximum absolute atomic E-state index is 12.1. The van der Waals surface area contributed by atoms with Crippen LogP contribution in [0.5, 0.6) is 0 Å². The van der Waals surface area contributed by atoms with Crippen molar-refractivity contribution in [1.29, 1.82) is 0 Å². The average molecular weight is 551 g/mol. The topological polar surface area (TPSA) is 78.0 Å². The van der Waals surface area contributed by atoms with E-state index in [2.05, 4.69) is 50.1 Å². The summed E-state index contributed by atoms with van der Waals surface area (Å²) in [5, 5.41) is 9.65. The Kier molecular flexibility index (Phi) is 12.1. The van der Waals surface area contributed by atoms with Crippen molar-refractivity contribution in [3.05, 3.63) is 71.3 Å². The van der Waals surface area contributed by atoms with Crippen LogP contribution in [-0.4, -0.2) is 63.2 Å². The molecule has 1 fully saturated rings. The van der Waals surface area contributed by atoms with Gasteiger partial charge in [-0.1, -0.05) is 42.5 Å². The van der Waals surface area contributed by atoms with E-state index >= 15 is 0 Å². The number of amides is 1. The molecule has 174 valence electrons. The van der Waals surface area contributed by atoms with Gasteiger partial charge in [-0.25, -0.2) is 0 Å². The predicted molar refractivity (Wildman–Crippen MR) is 140 cm³/mol. The highest BCUT2D eigenvalue weighted by atomic mass is 127. The summed E-state index contributed by atoms with van der Waals surface area (Å²) in [6.45, 7) is 6.56. The largest absolute Gasteiger partial charge is 0.379 e. The molecule has 0 bridgehead atoms. The van der Waals surface area contributed by atoms with Crippen LogP contribution in [0.4, 0.5) is 0 Å². The van der Waals surface area contributed by atoms with Gasteiger partial charge in [-0.15, -0.1) is 24.0 Å². The maximum atomic E-state index is 12.1. The number of morpholine rings is 1. The minimum atomic E-state index is -0.0417. The molecule has 3 rings (SSSR count). The molecule has 1 saturated heterocycles. The standard InChI is InChI=1S/C24H33N5O2.HI/c1-25-24(27-13-7-12-26-23(30)20-8-3-2-4-9-20)28-18-21-10-5-6-11-22(21)19-29-14-16-31-17-15-29;/h2-6,8-11H,7,12-19H2,1H3,(H,26,30)(H2,25,27,28);1H. The zero-order valence-corrected chi connectivity index (χ0v) is 21.0. The molecule has 0 radical (unpaired) electrons. The van der Waals surface area contributed by atoms with Gasteiger partial charge in [0.25, 0.3) is 5.91 Å². The first-order chi connectivity index (χ1) is 15.3. The summed E-state index contributed by atoms with van der Waals surface area (Å²) in [5.74, 6) is 0.718. The van der Waals surface area contributed by atoms with Crippen molar-refractivity contribution in [2.75, 3.05) is 46.4 Å². The Morgan fingerprint density at radius 3 is 2.31 bits per heavy atom. The van der Waals surface area contributed by atoms with Crippen LogP contribution < -0.4 is 16.0 Å². The van der Waals surface area contributed by atoms with Crippen molar-refractivity contribution in [2.45, 2.75) is 19.5 Å². The van der Waals surface area contributed by atoms with E-state index in [-0.39, 0.29) is 29.9 Å². The lowest BCUT2D eigenvalue weighted by Gasteiger charge is -2.27. The summed E-state index contributed by atoms with van der Waals surface area (Å²) in [6.07, 6.45) is 0.812. The molecular weight excluding hydrogens is 517 g/mol. The number of hydrogen-bond donors (Lipinski definition) is 3. The first kappa shape index (κ1) is 26.1.